The lowest BCUT2D eigenvalue weighted by atomic mass is 10.1. The molecule has 5 heteroatoms. The molecule has 0 aliphatic carbocycles. The van der Waals surface area contributed by atoms with Crippen LogP contribution in [0, 0.1) is 6.92 Å². The molecule has 0 spiro atoms. The zero-order valence-corrected chi connectivity index (χ0v) is 11.7. The van der Waals surface area contributed by atoms with Gasteiger partial charge in [0.15, 0.2) is 10.7 Å². The molecule has 0 saturated heterocycles. The van der Waals surface area contributed by atoms with E-state index in [1.54, 1.807) is 0 Å². The molecule has 1 aromatic heterocycles. The second kappa shape index (κ2) is 4.94. The van der Waals surface area contributed by atoms with Crippen LogP contribution in [0.1, 0.15) is 5.56 Å². The van der Waals surface area contributed by atoms with Crippen molar-refractivity contribution in [1.29, 1.82) is 0 Å². The van der Waals surface area contributed by atoms with Crippen LogP contribution in [0.4, 0.5) is 5.69 Å². The van der Waals surface area contributed by atoms with E-state index >= 15 is 0 Å². The Bertz CT molecular complexity index is 762. The Labute approximate surface area is 121 Å². The average Bonchev–Trinajstić information content (AvgIpc) is 2.84. The van der Waals surface area contributed by atoms with Crippen molar-refractivity contribution in [2.24, 2.45) is 5.73 Å². The third-order valence-corrected chi connectivity index (χ3v) is 3.13. The molecule has 0 aliphatic heterocycles. The number of oxazole rings is 1. The van der Waals surface area contributed by atoms with Gasteiger partial charge < -0.3 is 15.5 Å². The Balaban J connectivity index is 2.01. The molecule has 0 saturated carbocycles. The van der Waals surface area contributed by atoms with Crippen LogP contribution in [-0.4, -0.2) is 10.1 Å². The Morgan fingerprint density at radius 1 is 1.25 bits per heavy atom. The van der Waals surface area contributed by atoms with Crippen LogP contribution in [0.15, 0.2) is 46.9 Å². The van der Waals surface area contributed by atoms with Gasteiger partial charge in [-0.1, -0.05) is 12.1 Å². The summed E-state index contributed by atoms with van der Waals surface area (Å²) in [5, 5.41) is 3.19. The molecule has 2 aromatic carbocycles. The van der Waals surface area contributed by atoms with E-state index in [1.807, 2.05) is 49.4 Å². The number of para-hydroxylation sites is 2. The van der Waals surface area contributed by atoms with Crippen LogP contribution in [0.5, 0.6) is 0 Å². The van der Waals surface area contributed by atoms with E-state index in [-0.39, 0.29) is 5.11 Å². The number of fused-ring (bicyclic) bond motifs is 1. The fraction of sp³-hybridized carbons (Fsp3) is 0.0667. The SMILES string of the molecule is Cc1cc(-c2nc3ccccc3o2)ccc1NC(N)=S. The first kappa shape index (κ1) is 12.6. The van der Waals surface area contributed by atoms with E-state index in [4.69, 9.17) is 22.4 Å². The van der Waals surface area contributed by atoms with Crippen LogP contribution in [0.2, 0.25) is 0 Å². The third kappa shape index (κ3) is 2.35. The minimum absolute atomic E-state index is 0.253. The molecule has 100 valence electrons. The number of anilines is 1. The minimum Gasteiger partial charge on any atom is -0.436 e. The van der Waals surface area contributed by atoms with Crippen LogP contribution >= 0.6 is 12.2 Å². The van der Waals surface area contributed by atoms with Crippen LogP contribution in [0.3, 0.4) is 0 Å². The van der Waals surface area contributed by atoms with Crippen LogP contribution < -0.4 is 11.1 Å². The fourth-order valence-corrected chi connectivity index (χ4v) is 2.18. The van der Waals surface area contributed by atoms with Gasteiger partial charge in [0.05, 0.1) is 0 Å². The number of thiocarbonyl (C=S) groups is 1. The molecule has 0 atom stereocenters. The van der Waals surface area contributed by atoms with E-state index < -0.39 is 0 Å². The highest BCUT2D eigenvalue weighted by atomic mass is 32.1. The van der Waals surface area contributed by atoms with E-state index in [0.717, 1.165) is 27.9 Å². The molecule has 1 heterocycles. The van der Waals surface area contributed by atoms with Crippen molar-refractivity contribution < 1.29 is 4.42 Å². The highest BCUT2D eigenvalue weighted by Crippen LogP contribution is 2.27. The largest absolute Gasteiger partial charge is 0.436 e. The Morgan fingerprint density at radius 2 is 2.05 bits per heavy atom. The Kier molecular flexibility index (Phi) is 3.12. The molecule has 3 aromatic rings. The minimum atomic E-state index is 0.253. The molecule has 0 fully saturated rings. The van der Waals surface area contributed by atoms with Crippen molar-refractivity contribution >= 4 is 34.1 Å². The number of benzene rings is 2. The average molecular weight is 283 g/mol. The highest BCUT2D eigenvalue weighted by Gasteiger charge is 2.09. The first-order valence-electron chi connectivity index (χ1n) is 6.16. The van der Waals surface area contributed by atoms with Crippen molar-refractivity contribution in [2.75, 3.05) is 5.32 Å². The van der Waals surface area contributed by atoms with Gasteiger partial charge in [0.2, 0.25) is 5.89 Å². The molecule has 0 unspecified atom stereocenters. The van der Waals surface area contributed by atoms with Crippen molar-refractivity contribution in [2.45, 2.75) is 6.92 Å². The first-order valence-corrected chi connectivity index (χ1v) is 6.57. The molecule has 0 radical (unpaired) electrons. The van der Waals surface area contributed by atoms with Crippen molar-refractivity contribution in [3.63, 3.8) is 0 Å². The summed E-state index contributed by atoms with van der Waals surface area (Å²) >= 11 is 4.84. The van der Waals surface area contributed by atoms with E-state index in [0.29, 0.717) is 5.89 Å². The highest BCUT2D eigenvalue weighted by molar-refractivity contribution is 7.80. The zero-order chi connectivity index (χ0) is 14.1. The summed E-state index contributed by atoms with van der Waals surface area (Å²) in [5.41, 5.74) is 9.95. The van der Waals surface area contributed by atoms with Crippen molar-refractivity contribution in [3.05, 3.63) is 48.0 Å². The fourth-order valence-electron chi connectivity index (χ4n) is 2.07. The molecule has 0 bridgehead atoms. The normalized spacial score (nSPS) is 10.7. The maximum absolute atomic E-state index is 5.75. The molecule has 3 N–H and O–H groups in total. The predicted octanol–water partition coefficient (Wildman–Crippen LogP) is 3.46. The number of hydrogen-bond acceptors (Lipinski definition) is 3. The molecule has 20 heavy (non-hydrogen) atoms. The van der Waals surface area contributed by atoms with Gasteiger partial charge in [-0.05, 0) is 55.0 Å². The summed E-state index contributed by atoms with van der Waals surface area (Å²) < 4.78 is 5.75. The first-order chi connectivity index (χ1) is 9.63. The van der Waals surface area contributed by atoms with E-state index in [9.17, 15) is 0 Å². The second-order valence-electron chi connectivity index (χ2n) is 4.51. The molecule has 3 rings (SSSR count). The Hall–Kier alpha value is -2.40. The van der Waals surface area contributed by atoms with Gasteiger partial charge in [0.25, 0.3) is 0 Å². The summed E-state index contributed by atoms with van der Waals surface area (Å²) in [6.45, 7) is 1.98. The number of nitrogens with two attached hydrogens (primary N) is 1. The van der Waals surface area contributed by atoms with Crippen molar-refractivity contribution in [1.82, 2.24) is 4.98 Å². The quantitative estimate of drug-likeness (QED) is 0.705. The van der Waals surface area contributed by atoms with Gasteiger partial charge in [-0.3, -0.25) is 0 Å². The summed E-state index contributed by atoms with van der Waals surface area (Å²) in [4.78, 5) is 4.48. The van der Waals surface area contributed by atoms with Crippen molar-refractivity contribution in [3.8, 4) is 11.5 Å². The van der Waals surface area contributed by atoms with Gasteiger partial charge >= 0.3 is 0 Å². The molecule has 0 amide bonds. The summed E-state index contributed by atoms with van der Waals surface area (Å²) in [7, 11) is 0. The monoisotopic (exact) mass is 283 g/mol. The molecular weight excluding hydrogens is 270 g/mol. The van der Waals surface area contributed by atoms with Gasteiger partial charge in [-0.2, -0.15) is 0 Å². The van der Waals surface area contributed by atoms with E-state index in [2.05, 4.69) is 10.3 Å². The van der Waals surface area contributed by atoms with Crippen LogP contribution in [-0.2, 0) is 0 Å². The molecular formula is C15H13N3OS. The Morgan fingerprint density at radius 3 is 2.75 bits per heavy atom. The smallest absolute Gasteiger partial charge is 0.227 e. The zero-order valence-electron chi connectivity index (χ0n) is 10.9. The summed E-state index contributed by atoms with van der Waals surface area (Å²) in [6, 6.07) is 13.5. The third-order valence-electron chi connectivity index (χ3n) is 3.03. The standard InChI is InChI=1S/C15H13N3OS/c1-9-8-10(6-7-11(9)18-15(16)20)14-17-12-4-2-3-5-13(12)19-14/h2-8H,1H3,(H3,16,18,20). The summed E-state index contributed by atoms with van der Waals surface area (Å²) in [6.07, 6.45) is 0. The van der Waals surface area contributed by atoms with Crippen LogP contribution in [0.25, 0.3) is 22.6 Å². The number of aryl methyl sites for hydroxylation is 1. The molecule has 0 aliphatic rings. The maximum atomic E-state index is 5.75. The summed E-state index contributed by atoms with van der Waals surface area (Å²) in [5.74, 6) is 0.608. The molecule has 4 nitrogen and oxygen atoms in total. The number of aromatic nitrogens is 1. The lowest BCUT2D eigenvalue weighted by Gasteiger charge is -2.08. The van der Waals surface area contributed by atoms with Gasteiger partial charge in [0.1, 0.15) is 5.52 Å². The number of nitrogens with one attached hydrogen (secondary N) is 1. The van der Waals surface area contributed by atoms with Gasteiger partial charge in [-0.15, -0.1) is 0 Å². The number of nitrogens with zero attached hydrogens (tertiary/aromatic N) is 1. The van der Waals surface area contributed by atoms with E-state index in [1.165, 1.54) is 0 Å². The predicted molar refractivity (Wildman–Crippen MR) is 84.6 cm³/mol. The maximum Gasteiger partial charge on any atom is 0.227 e. The van der Waals surface area contributed by atoms with Gasteiger partial charge in [0, 0.05) is 11.3 Å². The lowest BCUT2D eigenvalue weighted by Crippen LogP contribution is -2.19. The number of hydrogen-bond donors (Lipinski definition) is 2. The number of rotatable bonds is 2. The van der Waals surface area contributed by atoms with Gasteiger partial charge in [-0.25, -0.2) is 4.98 Å². The topological polar surface area (TPSA) is 64.1 Å². The second-order valence-corrected chi connectivity index (χ2v) is 4.95. The lowest BCUT2D eigenvalue weighted by molar-refractivity contribution is 0.620.